The molecule has 0 spiro atoms. The van der Waals surface area contributed by atoms with Gasteiger partial charge in [-0.3, -0.25) is 9.58 Å². The molecule has 0 radical (unpaired) electrons. The topological polar surface area (TPSA) is 30.3 Å². The number of morpholine rings is 1. The van der Waals surface area contributed by atoms with Crippen LogP contribution in [-0.4, -0.2) is 41.0 Å². The fourth-order valence-corrected chi connectivity index (χ4v) is 3.24. The van der Waals surface area contributed by atoms with Crippen LogP contribution in [0.15, 0.2) is 67.0 Å². The predicted molar refractivity (Wildman–Crippen MR) is 99.3 cm³/mol. The van der Waals surface area contributed by atoms with Gasteiger partial charge in [0, 0.05) is 31.4 Å². The first kappa shape index (κ1) is 16.1. The Hall–Kier alpha value is -2.43. The third-order valence-corrected chi connectivity index (χ3v) is 4.59. The highest BCUT2D eigenvalue weighted by Crippen LogP contribution is 2.21. The van der Waals surface area contributed by atoms with E-state index in [2.05, 4.69) is 64.7 Å². The molecule has 1 aliphatic heterocycles. The molecule has 0 saturated carbocycles. The molecule has 3 aromatic rings. The number of aromatic nitrogens is 2. The van der Waals surface area contributed by atoms with Crippen molar-refractivity contribution in [3.8, 4) is 11.1 Å². The van der Waals surface area contributed by atoms with Gasteiger partial charge in [-0.15, -0.1) is 0 Å². The zero-order chi connectivity index (χ0) is 16.9. The number of ether oxygens (including phenoxy) is 1. The molecule has 0 bridgehead atoms. The molecular formula is C21H23N3O. The Balaban J connectivity index is 1.47. The molecule has 25 heavy (non-hydrogen) atoms. The molecule has 0 amide bonds. The summed E-state index contributed by atoms with van der Waals surface area (Å²) in [6.45, 7) is 5.49. The van der Waals surface area contributed by atoms with Crippen molar-refractivity contribution >= 4 is 0 Å². The van der Waals surface area contributed by atoms with Crippen LogP contribution in [-0.2, 0) is 17.8 Å². The van der Waals surface area contributed by atoms with E-state index in [1.54, 1.807) is 0 Å². The average molecular weight is 333 g/mol. The van der Waals surface area contributed by atoms with E-state index >= 15 is 0 Å². The largest absolute Gasteiger partial charge is 0.379 e. The fourth-order valence-electron chi connectivity index (χ4n) is 3.24. The summed E-state index contributed by atoms with van der Waals surface area (Å²) in [6.07, 6.45) is 4.08. The van der Waals surface area contributed by atoms with E-state index in [9.17, 15) is 0 Å². The summed E-state index contributed by atoms with van der Waals surface area (Å²) in [5.41, 5.74) is 5.00. The van der Waals surface area contributed by atoms with Crippen LogP contribution in [0.25, 0.3) is 11.1 Å². The molecule has 128 valence electrons. The Labute approximate surface area is 148 Å². The van der Waals surface area contributed by atoms with Crippen molar-refractivity contribution in [3.63, 3.8) is 0 Å². The Morgan fingerprint density at radius 3 is 2.48 bits per heavy atom. The van der Waals surface area contributed by atoms with Crippen LogP contribution >= 0.6 is 0 Å². The standard InChI is InChI=1S/C21H23N3O/c1-2-5-18(6-3-1)16-24-17-21(14-22-24)20-8-4-7-19(13-20)15-23-9-11-25-12-10-23/h1-8,13-14,17H,9-12,15-16H2. The van der Waals surface area contributed by atoms with E-state index in [1.807, 2.05) is 16.9 Å². The lowest BCUT2D eigenvalue weighted by atomic mass is 10.1. The van der Waals surface area contributed by atoms with Crippen molar-refractivity contribution in [1.82, 2.24) is 14.7 Å². The fraction of sp³-hybridized carbons (Fsp3) is 0.286. The maximum atomic E-state index is 5.43. The molecule has 2 aromatic carbocycles. The summed E-state index contributed by atoms with van der Waals surface area (Å²) in [5.74, 6) is 0. The molecule has 4 heteroatoms. The molecule has 4 nitrogen and oxygen atoms in total. The Morgan fingerprint density at radius 1 is 0.840 bits per heavy atom. The Bertz CT molecular complexity index is 807. The number of benzene rings is 2. The molecular weight excluding hydrogens is 310 g/mol. The van der Waals surface area contributed by atoms with E-state index < -0.39 is 0 Å². The second-order valence-corrected chi connectivity index (χ2v) is 6.50. The summed E-state index contributed by atoms with van der Waals surface area (Å²) in [6, 6.07) is 19.2. The van der Waals surface area contributed by atoms with E-state index in [4.69, 9.17) is 4.74 Å². The van der Waals surface area contributed by atoms with E-state index in [0.717, 1.165) is 39.4 Å². The van der Waals surface area contributed by atoms with Gasteiger partial charge in [-0.25, -0.2) is 0 Å². The smallest absolute Gasteiger partial charge is 0.0659 e. The predicted octanol–water partition coefficient (Wildman–Crippen LogP) is 3.43. The zero-order valence-corrected chi connectivity index (χ0v) is 14.3. The van der Waals surface area contributed by atoms with Crippen molar-refractivity contribution in [3.05, 3.63) is 78.1 Å². The van der Waals surface area contributed by atoms with Crippen molar-refractivity contribution in [1.29, 1.82) is 0 Å². The number of rotatable bonds is 5. The van der Waals surface area contributed by atoms with Crippen LogP contribution < -0.4 is 0 Å². The SMILES string of the molecule is c1ccc(Cn2cc(-c3cccc(CN4CCOCC4)c3)cn2)cc1. The van der Waals surface area contributed by atoms with Crippen molar-refractivity contribution in [2.24, 2.45) is 0 Å². The van der Waals surface area contributed by atoms with Crippen LogP contribution in [0.4, 0.5) is 0 Å². The minimum atomic E-state index is 0.800. The van der Waals surface area contributed by atoms with Crippen LogP contribution in [0.3, 0.4) is 0 Å². The summed E-state index contributed by atoms with van der Waals surface area (Å²) >= 11 is 0. The minimum Gasteiger partial charge on any atom is -0.379 e. The van der Waals surface area contributed by atoms with Crippen LogP contribution in [0, 0.1) is 0 Å². The van der Waals surface area contributed by atoms with Gasteiger partial charge in [-0.1, -0.05) is 48.5 Å². The van der Waals surface area contributed by atoms with Gasteiger partial charge in [0.1, 0.15) is 0 Å². The summed E-state index contributed by atoms with van der Waals surface area (Å²) in [5, 5.41) is 4.52. The Kier molecular flexibility index (Phi) is 4.91. The van der Waals surface area contributed by atoms with E-state index in [0.29, 0.717) is 0 Å². The molecule has 1 saturated heterocycles. The van der Waals surface area contributed by atoms with Gasteiger partial charge in [-0.2, -0.15) is 5.10 Å². The van der Waals surface area contributed by atoms with Gasteiger partial charge >= 0.3 is 0 Å². The lowest BCUT2D eigenvalue weighted by molar-refractivity contribution is 0.0342. The number of nitrogens with zero attached hydrogens (tertiary/aromatic N) is 3. The molecule has 0 atom stereocenters. The van der Waals surface area contributed by atoms with Gasteiger partial charge < -0.3 is 4.74 Å². The second-order valence-electron chi connectivity index (χ2n) is 6.50. The summed E-state index contributed by atoms with van der Waals surface area (Å²) in [7, 11) is 0. The molecule has 1 aliphatic rings. The van der Waals surface area contributed by atoms with Crippen LogP contribution in [0.2, 0.25) is 0 Å². The van der Waals surface area contributed by atoms with Crippen molar-refractivity contribution in [2.45, 2.75) is 13.1 Å². The van der Waals surface area contributed by atoms with E-state index in [-0.39, 0.29) is 0 Å². The molecule has 4 rings (SSSR count). The highest BCUT2D eigenvalue weighted by Gasteiger charge is 2.11. The van der Waals surface area contributed by atoms with Crippen LogP contribution in [0.5, 0.6) is 0 Å². The zero-order valence-electron chi connectivity index (χ0n) is 14.3. The lowest BCUT2D eigenvalue weighted by Gasteiger charge is -2.26. The monoisotopic (exact) mass is 333 g/mol. The average Bonchev–Trinajstić information content (AvgIpc) is 3.12. The summed E-state index contributed by atoms with van der Waals surface area (Å²) in [4.78, 5) is 2.45. The first-order chi connectivity index (χ1) is 12.4. The molecule has 1 aromatic heterocycles. The van der Waals surface area contributed by atoms with Crippen molar-refractivity contribution in [2.75, 3.05) is 26.3 Å². The van der Waals surface area contributed by atoms with Gasteiger partial charge in [-0.05, 0) is 22.8 Å². The summed E-state index contributed by atoms with van der Waals surface area (Å²) < 4.78 is 7.43. The van der Waals surface area contributed by atoms with Crippen molar-refractivity contribution < 1.29 is 4.74 Å². The van der Waals surface area contributed by atoms with Crippen LogP contribution in [0.1, 0.15) is 11.1 Å². The molecule has 0 unspecified atom stereocenters. The van der Waals surface area contributed by atoms with Gasteiger partial charge in [0.15, 0.2) is 0 Å². The molecule has 0 N–H and O–H groups in total. The first-order valence-corrected chi connectivity index (χ1v) is 8.83. The lowest BCUT2D eigenvalue weighted by Crippen LogP contribution is -2.35. The normalized spacial score (nSPS) is 15.4. The Morgan fingerprint density at radius 2 is 1.64 bits per heavy atom. The maximum Gasteiger partial charge on any atom is 0.0659 e. The number of hydrogen-bond acceptors (Lipinski definition) is 3. The maximum absolute atomic E-state index is 5.43. The molecule has 1 fully saturated rings. The third kappa shape index (κ3) is 4.16. The van der Waals surface area contributed by atoms with Gasteiger partial charge in [0.2, 0.25) is 0 Å². The minimum absolute atomic E-state index is 0.800. The highest BCUT2D eigenvalue weighted by molar-refractivity contribution is 5.62. The quantitative estimate of drug-likeness (QED) is 0.717. The third-order valence-electron chi connectivity index (χ3n) is 4.59. The second kappa shape index (κ2) is 7.64. The molecule has 2 heterocycles. The van der Waals surface area contributed by atoms with Gasteiger partial charge in [0.05, 0.1) is 26.0 Å². The number of hydrogen-bond donors (Lipinski definition) is 0. The van der Waals surface area contributed by atoms with E-state index in [1.165, 1.54) is 22.3 Å². The first-order valence-electron chi connectivity index (χ1n) is 8.83. The highest BCUT2D eigenvalue weighted by atomic mass is 16.5. The molecule has 0 aliphatic carbocycles. The van der Waals surface area contributed by atoms with Gasteiger partial charge in [0.25, 0.3) is 0 Å².